The van der Waals surface area contributed by atoms with Gasteiger partial charge in [-0.3, -0.25) is 0 Å². The van der Waals surface area contributed by atoms with Gasteiger partial charge in [0.05, 0.1) is 39.3 Å². The Balaban J connectivity index is 1.33. The summed E-state index contributed by atoms with van der Waals surface area (Å²) in [7, 11) is -2.75. The number of aryl methyl sites for hydroxylation is 1. The van der Waals surface area contributed by atoms with E-state index in [4.69, 9.17) is 14.2 Å². The van der Waals surface area contributed by atoms with Gasteiger partial charge in [-0.15, -0.1) is 0 Å². The van der Waals surface area contributed by atoms with Crippen molar-refractivity contribution in [2.75, 3.05) is 24.8 Å². The highest BCUT2D eigenvalue weighted by Gasteiger charge is 2.43. The van der Waals surface area contributed by atoms with Crippen LogP contribution < -0.4 is 10.1 Å². The van der Waals surface area contributed by atoms with Crippen molar-refractivity contribution < 1.29 is 22.8 Å². The minimum atomic E-state index is -2.75. The van der Waals surface area contributed by atoms with Crippen molar-refractivity contribution in [3.8, 4) is 5.75 Å². The maximum atomic E-state index is 14.2. The molecule has 4 aromatic rings. The van der Waals surface area contributed by atoms with Crippen LogP contribution in [0.15, 0.2) is 70.4 Å². The minimum absolute atomic E-state index is 0.00789. The second-order valence-electron chi connectivity index (χ2n) is 9.36. The molecule has 4 heterocycles. The van der Waals surface area contributed by atoms with Crippen molar-refractivity contribution in [2.24, 2.45) is 4.36 Å². The van der Waals surface area contributed by atoms with Gasteiger partial charge in [-0.05, 0) is 55.3 Å². The van der Waals surface area contributed by atoms with Crippen LogP contribution in [0, 0.1) is 12.7 Å². The molecule has 0 amide bonds. The second-order valence-corrected chi connectivity index (χ2v) is 11.6. The van der Waals surface area contributed by atoms with Gasteiger partial charge < -0.3 is 19.5 Å². The van der Waals surface area contributed by atoms with Crippen LogP contribution in [0.25, 0.3) is 10.9 Å². The Morgan fingerprint density at radius 2 is 2.03 bits per heavy atom. The Bertz CT molecular complexity index is 1630. The highest BCUT2D eigenvalue weighted by atomic mass is 32.2. The first-order valence-electron chi connectivity index (χ1n) is 12.2. The lowest BCUT2D eigenvalue weighted by atomic mass is 10.1. The predicted molar refractivity (Wildman–Crippen MR) is 141 cm³/mol. The number of aromatic nitrogens is 3. The predicted octanol–water partition coefficient (Wildman–Crippen LogP) is 4.94. The fourth-order valence-corrected chi connectivity index (χ4v) is 6.05. The van der Waals surface area contributed by atoms with E-state index >= 15 is 0 Å². The molecule has 2 fully saturated rings. The van der Waals surface area contributed by atoms with Crippen LogP contribution in [-0.4, -0.2) is 56.9 Å². The summed E-state index contributed by atoms with van der Waals surface area (Å²) in [6, 6.07) is 13.1. The molecule has 0 saturated carbocycles. The summed E-state index contributed by atoms with van der Waals surface area (Å²) in [4.78, 5) is 13.1. The Kier molecular flexibility index (Phi) is 6.42. The molecule has 2 aromatic heterocycles. The third kappa shape index (κ3) is 4.80. The van der Waals surface area contributed by atoms with Crippen LogP contribution in [0.3, 0.4) is 0 Å². The molecule has 9 nitrogen and oxygen atoms in total. The van der Waals surface area contributed by atoms with Crippen molar-refractivity contribution in [2.45, 2.75) is 36.7 Å². The maximum Gasteiger partial charge on any atom is 0.151 e. The molecular formula is C27H26FN5O4S. The van der Waals surface area contributed by atoms with Gasteiger partial charge in [-0.25, -0.2) is 23.6 Å². The van der Waals surface area contributed by atoms with Crippen molar-refractivity contribution in [3.05, 3.63) is 72.4 Å². The summed E-state index contributed by atoms with van der Waals surface area (Å²) >= 11 is 0. The van der Waals surface area contributed by atoms with Crippen LogP contribution in [0.5, 0.6) is 5.75 Å². The van der Waals surface area contributed by atoms with E-state index in [-0.39, 0.29) is 18.3 Å². The monoisotopic (exact) mass is 535 g/mol. The molecule has 6 rings (SSSR count). The molecule has 196 valence electrons. The lowest BCUT2D eigenvalue weighted by Crippen LogP contribution is -2.32. The van der Waals surface area contributed by atoms with E-state index in [2.05, 4.69) is 24.6 Å². The van der Waals surface area contributed by atoms with Crippen molar-refractivity contribution in [1.82, 2.24) is 15.0 Å². The van der Waals surface area contributed by atoms with Gasteiger partial charge in [0.1, 0.15) is 34.8 Å². The smallest absolute Gasteiger partial charge is 0.151 e. The lowest BCUT2D eigenvalue weighted by molar-refractivity contribution is 0.0310. The number of hydrogen-bond donors (Lipinski definition) is 1. The molecule has 38 heavy (non-hydrogen) atoms. The number of anilines is 2. The molecule has 0 bridgehead atoms. The number of nitrogens with zero attached hydrogens (tertiary/aromatic N) is 4. The molecule has 0 spiro atoms. The topological polar surface area (TPSA) is 108 Å². The number of nitrogens with one attached hydrogen (secondary N) is 1. The third-order valence-corrected chi connectivity index (χ3v) is 8.20. The van der Waals surface area contributed by atoms with Gasteiger partial charge in [0, 0.05) is 30.5 Å². The first-order chi connectivity index (χ1) is 18.4. The van der Waals surface area contributed by atoms with Gasteiger partial charge in [0.25, 0.3) is 0 Å². The zero-order valence-electron chi connectivity index (χ0n) is 20.8. The minimum Gasteiger partial charge on any atom is -0.483 e. The van der Waals surface area contributed by atoms with Crippen molar-refractivity contribution >= 4 is 37.8 Å². The molecule has 2 saturated heterocycles. The van der Waals surface area contributed by atoms with E-state index in [1.165, 1.54) is 18.5 Å². The Morgan fingerprint density at radius 3 is 2.87 bits per heavy atom. The van der Waals surface area contributed by atoms with Crippen LogP contribution >= 0.6 is 0 Å². The van der Waals surface area contributed by atoms with E-state index in [9.17, 15) is 8.60 Å². The standard InChI is InChI=1S/C27H26FN5O4S/c1-16-11-18(33-38(2,34)24-5-3-4-9-29-24)13-20-25(16)27(31-15-30-20)32-19-7-6-17(28)12-22(19)37-23-14-36-21-8-10-35-26(21)23/h3-7,9,11-13,15,21,23,26H,8,10,14H2,1-2H3,(H,30,31,32). The normalized spacial score (nSPS) is 22.1. The first-order valence-corrected chi connectivity index (χ1v) is 14.1. The molecule has 1 N–H and O–H groups in total. The summed E-state index contributed by atoms with van der Waals surface area (Å²) in [6.45, 7) is 2.91. The number of benzene rings is 2. The molecule has 0 aliphatic carbocycles. The van der Waals surface area contributed by atoms with Gasteiger partial charge in [-0.2, -0.15) is 4.36 Å². The maximum absolute atomic E-state index is 14.2. The van der Waals surface area contributed by atoms with E-state index in [1.807, 2.05) is 13.0 Å². The average molecular weight is 536 g/mol. The summed E-state index contributed by atoms with van der Waals surface area (Å²) < 4.78 is 49.7. The van der Waals surface area contributed by atoms with E-state index < -0.39 is 15.5 Å². The zero-order valence-corrected chi connectivity index (χ0v) is 21.7. The molecule has 2 aliphatic heterocycles. The Hall–Kier alpha value is -3.67. The fourth-order valence-electron chi connectivity index (χ4n) is 4.86. The lowest BCUT2D eigenvalue weighted by Gasteiger charge is -2.21. The Morgan fingerprint density at radius 1 is 1.13 bits per heavy atom. The molecule has 4 atom stereocenters. The Labute approximate surface area is 219 Å². The van der Waals surface area contributed by atoms with E-state index in [0.717, 1.165) is 17.4 Å². The number of fused-ring (bicyclic) bond motifs is 2. The first kappa shape index (κ1) is 24.7. The number of halogens is 1. The number of hydrogen-bond acceptors (Lipinski definition) is 9. The second kappa shape index (κ2) is 9.90. The molecule has 2 aromatic carbocycles. The molecule has 2 aliphatic rings. The van der Waals surface area contributed by atoms with Crippen LogP contribution in [0.1, 0.15) is 12.0 Å². The van der Waals surface area contributed by atoms with Gasteiger partial charge in [0.2, 0.25) is 0 Å². The summed E-state index contributed by atoms with van der Waals surface area (Å²) in [5.41, 5.74) is 2.52. The molecule has 0 radical (unpaired) electrons. The van der Waals surface area contributed by atoms with Crippen LogP contribution in [0.2, 0.25) is 0 Å². The number of pyridine rings is 1. The summed E-state index contributed by atoms with van der Waals surface area (Å²) in [5, 5.41) is 4.46. The van der Waals surface area contributed by atoms with Crippen LogP contribution in [0.4, 0.5) is 21.6 Å². The third-order valence-electron chi connectivity index (χ3n) is 6.62. The molecular weight excluding hydrogens is 509 g/mol. The van der Waals surface area contributed by atoms with Crippen molar-refractivity contribution in [1.29, 1.82) is 0 Å². The molecule has 11 heteroatoms. The number of ether oxygens (including phenoxy) is 3. The van der Waals surface area contributed by atoms with Crippen LogP contribution in [-0.2, 0) is 19.2 Å². The summed E-state index contributed by atoms with van der Waals surface area (Å²) in [5.74, 6) is 0.446. The number of rotatable bonds is 6. The largest absolute Gasteiger partial charge is 0.483 e. The fraction of sp³-hybridized carbons (Fsp3) is 0.296. The molecule has 4 unspecified atom stereocenters. The van der Waals surface area contributed by atoms with Gasteiger partial charge >= 0.3 is 0 Å². The average Bonchev–Trinajstić information content (AvgIpc) is 3.51. The van der Waals surface area contributed by atoms with E-state index in [0.29, 0.717) is 46.7 Å². The zero-order chi connectivity index (χ0) is 26.3. The van der Waals surface area contributed by atoms with Gasteiger partial charge in [0.15, 0.2) is 6.10 Å². The van der Waals surface area contributed by atoms with E-state index in [1.54, 1.807) is 42.8 Å². The highest BCUT2D eigenvalue weighted by Crippen LogP contribution is 2.36. The highest BCUT2D eigenvalue weighted by molar-refractivity contribution is 7.93. The quantitative estimate of drug-likeness (QED) is 0.370. The SMILES string of the molecule is Cc1cc(N=S(C)(=O)c2ccccn2)cc2ncnc(Nc3ccc(F)cc3OC3COC4CCOC43)c12. The van der Waals surface area contributed by atoms with Crippen molar-refractivity contribution in [3.63, 3.8) is 0 Å². The van der Waals surface area contributed by atoms with Gasteiger partial charge in [-0.1, -0.05) is 6.07 Å². The summed E-state index contributed by atoms with van der Waals surface area (Å²) in [6.07, 6.45) is 4.92.